The van der Waals surface area contributed by atoms with Crippen molar-refractivity contribution in [3.63, 3.8) is 0 Å². The first-order valence-corrected chi connectivity index (χ1v) is 8.92. The van der Waals surface area contributed by atoms with Gasteiger partial charge in [-0.05, 0) is 23.3 Å². The molecule has 0 saturated carbocycles. The van der Waals surface area contributed by atoms with E-state index >= 15 is 0 Å². The second-order valence-electron chi connectivity index (χ2n) is 7.68. The van der Waals surface area contributed by atoms with E-state index in [0.29, 0.717) is 23.3 Å². The Labute approximate surface area is 154 Å². The van der Waals surface area contributed by atoms with Crippen LogP contribution in [0, 0.1) is 0 Å². The number of fused-ring (bicyclic) bond motifs is 2. The minimum Gasteiger partial charge on any atom is -0.504 e. The summed E-state index contributed by atoms with van der Waals surface area (Å²) in [4.78, 5) is 0. The van der Waals surface area contributed by atoms with E-state index in [1.807, 2.05) is 12.1 Å². The number of quaternary nitrogens is 1. The summed E-state index contributed by atoms with van der Waals surface area (Å²) < 4.78 is 17.6. The normalized spacial score (nSPS) is 19.3. The summed E-state index contributed by atoms with van der Waals surface area (Å²) in [6, 6.07) is 6.34. The second-order valence-corrected chi connectivity index (χ2v) is 7.68. The van der Waals surface area contributed by atoms with Gasteiger partial charge in [0.25, 0.3) is 0 Å². The fourth-order valence-corrected chi connectivity index (χ4v) is 4.60. The molecule has 0 unspecified atom stereocenters. The molecule has 0 spiro atoms. The molecule has 0 amide bonds. The van der Waals surface area contributed by atoms with Crippen molar-refractivity contribution in [2.24, 2.45) is 0 Å². The summed E-state index contributed by atoms with van der Waals surface area (Å²) in [6.45, 7) is 1.06. The van der Waals surface area contributed by atoms with Crippen molar-refractivity contribution in [3.8, 4) is 34.1 Å². The number of hydrogen-bond acceptors (Lipinski definition) is 4. The van der Waals surface area contributed by atoms with E-state index in [4.69, 9.17) is 14.2 Å². The van der Waals surface area contributed by atoms with Crippen molar-refractivity contribution in [1.29, 1.82) is 0 Å². The third-order valence-corrected chi connectivity index (χ3v) is 6.04. The fraction of sp³-hybridized carbons (Fsp3) is 0.429. The standard InChI is InChI=1S/C21H25NO4/c1-22(2)9-8-13-11-16(25-4)20(23)19-17(13)14(22)10-12-6-7-15(24-3)21(26-5)18(12)19/h6-7,11,14H,8-10H2,1-5H3/p+1/t14-/m0/s1. The zero-order valence-corrected chi connectivity index (χ0v) is 16.0. The van der Waals surface area contributed by atoms with Crippen molar-refractivity contribution in [2.45, 2.75) is 18.9 Å². The van der Waals surface area contributed by atoms with Gasteiger partial charge in [0.1, 0.15) is 6.04 Å². The van der Waals surface area contributed by atoms with Crippen LogP contribution in [0.5, 0.6) is 23.0 Å². The molecule has 5 nitrogen and oxygen atoms in total. The lowest BCUT2D eigenvalue weighted by molar-refractivity contribution is -0.923. The number of ether oxygens (including phenoxy) is 3. The van der Waals surface area contributed by atoms with E-state index in [9.17, 15) is 5.11 Å². The maximum atomic E-state index is 11.1. The molecule has 2 aliphatic rings. The van der Waals surface area contributed by atoms with E-state index in [1.165, 1.54) is 16.7 Å². The Kier molecular flexibility index (Phi) is 3.81. The second kappa shape index (κ2) is 5.81. The molecule has 1 atom stereocenters. The van der Waals surface area contributed by atoms with E-state index in [-0.39, 0.29) is 5.75 Å². The smallest absolute Gasteiger partial charge is 0.168 e. The third kappa shape index (κ3) is 2.20. The van der Waals surface area contributed by atoms with Crippen molar-refractivity contribution in [2.75, 3.05) is 42.0 Å². The lowest BCUT2D eigenvalue weighted by atomic mass is 9.75. The maximum Gasteiger partial charge on any atom is 0.168 e. The Morgan fingerprint density at radius 2 is 1.69 bits per heavy atom. The predicted molar refractivity (Wildman–Crippen MR) is 100 cm³/mol. The van der Waals surface area contributed by atoms with Gasteiger partial charge in [-0.15, -0.1) is 0 Å². The number of benzene rings is 2. The van der Waals surface area contributed by atoms with Crippen molar-refractivity contribution in [1.82, 2.24) is 0 Å². The summed E-state index contributed by atoms with van der Waals surface area (Å²) >= 11 is 0. The van der Waals surface area contributed by atoms with E-state index in [0.717, 1.165) is 35.0 Å². The number of nitrogens with zero attached hydrogens (tertiary/aromatic N) is 1. The highest BCUT2D eigenvalue weighted by molar-refractivity contribution is 5.88. The van der Waals surface area contributed by atoms with Crippen LogP contribution in [0.3, 0.4) is 0 Å². The van der Waals surface area contributed by atoms with Gasteiger partial charge in [-0.25, -0.2) is 0 Å². The van der Waals surface area contributed by atoms with Crippen LogP contribution < -0.4 is 14.2 Å². The number of methoxy groups -OCH3 is 3. The topological polar surface area (TPSA) is 47.9 Å². The van der Waals surface area contributed by atoms with Crippen LogP contribution in [0.1, 0.15) is 22.7 Å². The molecular formula is C21H26NO4+. The maximum absolute atomic E-state index is 11.1. The van der Waals surface area contributed by atoms with Crippen molar-refractivity contribution in [3.05, 3.63) is 34.9 Å². The molecule has 0 fully saturated rings. The van der Waals surface area contributed by atoms with E-state index < -0.39 is 0 Å². The Morgan fingerprint density at radius 3 is 2.35 bits per heavy atom. The molecule has 0 saturated heterocycles. The molecule has 138 valence electrons. The third-order valence-electron chi connectivity index (χ3n) is 6.04. The van der Waals surface area contributed by atoms with Gasteiger partial charge in [0, 0.05) is 29.5 Å². The SMILES string of the molecule is COc1cc2c3c(c1O)-c1c(ccc(OC)c1OC)C[C@@H]3[N+](C)(C)CC2. The first-order valence-electron chi connectivity index (χ1n) is 8.92. The highest BCUT2D eigenvalue weighted by Gasteiger charge is 2.44. The molecule has 0 radical (unpaired) electrons. The number of aromatic hydroxyl groups is 1. The largest absolute Gasteiger partial charge is 0.504 e. The number of rotatable bonds is 3. The van der Waals surface area contributed by atoms with Gasteiger partial charge in [-0.3, -0.25) is 0 Å². The number of phenolic OH excluding ortho intramolecular Hbond substituents is 1. The molecule has 1 heterocycles. The van der Waals surface area contributed by atoms with Gasteiger partial charge in [-0.2, -0.15) is 0 Å². The van der Waals surface area contributed by atoms with Crippen molar-refractivity contribution < 1.29 is 23.8 Å². The number of hydrogen-bond donors (Lipinski definition) is 1. The minimum absolute atomic E-state index is 0.186. The highest BCUT2D eigenvalue weighted by Crippen LogP contribution is 2.56. The zero-order valence-electron chi connectivity index (χ0n) is 16.0. The van der Waals surface area contributed by atoms with Gasteiger partial charge in [0.15, 0.2) is 23.0 Å². The van der Waals surface area contributed by atoms with Crippen LogP contribution in [0.4, 0.5) is 0 Å². The monoisotopic (exact) mass is 356 g/mol. The predicted octanol–water partition coefficient (Wildman–Crippen LogP) is 3.31. The van der Waals surface area contributed by atoms with Crippen molar-refractivity contribution >= 4 is 0 Å². The Bertz CT molecular complexity index is 888. The summed E-state index contributed by atoms with van der Waals surface area (Å²) in [5.74, 6) is 2.04. The lowest BCUT2D eigenvalue weighted by Crippen LogP contribution is -2.49. The van der Waals surface area contributed by atoms with Crippen LogP contribution in [0.25, 0.3) is 11.1 Å². The highest BCUT2D eigenvalue weighted by atomic mass is 16.5. The molecule has 4 rings (SSSR count). The fourth-order valence-electron chi connectivity index (χ4n) is 4.60. The van der Waals surface area contributed by atoms with Gasteiger partial charge in [-0.1, -0.05) is 6.07 Å². The molecule has 2 aromatic carbocycles. The summed E-state index contributed by atoms with van der Waals surface area (Å²) in [5.41, 5.74) is 5.42. The molecule has 0 aromatic heterocycles. The molecule has 0 bridgehead atoms. The Morgan fingerprint density at radius 1 is 0.962 bits per heavy atom. The van der Waals surface area contributed by atoms with Gasteiger partial charge < -0.3 is 23.8 Å². The molecular weight excluding hydrogens is 330 g/mol. The van der Waals surface area contributed by atoms with Crippen LogP contribution in [0.2, 0.25) is 0 Å². The number of likely N-dealkylation sites (N-methyl/N-ethyl adjacent to an activating group) is 1. The Balaban J connectivity index is 2.12. The van der Waals surface area contributed by atoms with Crippen LogP contribution in [0.15, 0.2) is 18.2 Å². The van der Waals surface area contributed by atoms with Crippen LogP contribution in [-0.4, -0.2) is 51.6 Å². The lowest BCUT2D eigenvalue weighted by Gasteiger charge is -2.46. The van der Waals surface area contributed by atoms with E-state index in [1.54, 1.807) is 21.3 Å². The molecule has 1 aliphatic carbocycles. The molecule has 2 aromatic rings. The van der Waals surface area contributed by atoms with Gasteiger partial charge in [0.05, 0.1) is 42.0 Å². The summed E-state index contributed by atoms with van der Waals surface area (Å²) in [7, 11) is 9.42. The Hall–Kier alpha value is -2.40. The molecule has 26 heavy (non-hydrogen) atoms. The quantitative estimate of drug-likeness (QED) is 0.857. The molecule has 5 heteroatoms. The first kappa shape index (κ1) is 17.0. The van der Waals surface area contributed by atoms with Gasteiger partial charge >= 0.3 is 0 Å². The average Bonchev–Trinajstić information content (AvgIpc) is 2.64. The van der Waals surface area contributed by atoms with Crippen LogP contribution >= 0.6 is 0 Å². The minimum atomic E-state index is 0.186. The van der Waals surface area contributed by atoms with E-state index in [2.05, 4.69) is 20.2 Å². The first-order chi connectivity index (χ1) is 12.4. The summed E-state index contributed by atoms with van der Waals surface area (Å²) in [5, 5.41) is 11.1. The average molecular weight is 356 g/mol. The van der Waals surface area contributed by atoms with Gasteiger partial charge in [0.2, 0.25) is 0 Å². The van der Waals surface area contributed by atoms with Crippen LogP contribution in [-0.2, 0) is 12.8 Å². The zero-order chi connectivity index (χ0) is 18.6. The number of phenols is 1. The molecule has 1 aliphatic heterocycles. The summed E-state index contributed by atoms with van der Waals surface area (Å²) in [6.07, 6.45) is 1.87. The molecule has 1 N–H and O–H groups in total.